The van der Waals surface area contributed by atoms with E-state index in [4.69, 9.17) is 5.11 Å². The van der Waals surface area contributed by atoms with Crippen molar-refractivity contribution in [3.05, 3.63) is 63.8 Å². The van der Waals surface area contributed by atoms with Crippen LogP contribution in [-0.4, -0.2) is 15.6 Å². The first-order valence-corrected chi connectivity index (χ1v) is 5.22. The quantitative estimate of drug-likeness (QED) is 0.882. The summed E-state index contributed by atoms with van der Waals surface area (Å²) in [5.74, 6) is -1.75. The number of carboxylic acids is 1. The van der Waals surface area contributed by atoms with Crippen molar-refractivity contribution < 1.29 is 14.3 Å². The van der Waals surface area contributed by atoms with Crippen molar-refractivity contribution >= 4 is 5.97 Å². The molecular weight excluding hydrogens is 237 g/mol. The molecule has 1 aromatic heterocycles. The average Bonchev–Trinajstić information content (AvgIpc) is 2.33. The number of carboxylic acid groups (broad SMARTS) is 1. The van der Waals surface area contributed by atoms with Gasteiger partial charge in [-0.2, -0.15) is 0 Å². The molecule has 4 nitrogen and oxygen atoms in total. The van der Waals surface area contributed by atoms with Crippen LogP contribution in [-0.2, 0) is 0 Å². The van der Waals surface area contributed by atoms with E-state index in [2.05, 4.69) is 0 Å². The van der Waals surface area contributed by atoms with E-state index in [0.717, 1.165) is 4.57 Å². The standard InChI is InChI=1S/C13H10FNO3/c1-8-4-5-9(7-11(8)14)15-6-2-3-10(12(15)16)13(17)18/h2-7H,1H3,(H,17,18). The van der Waals surface area contributed by atoms with Gasteiger partial charge in [-0.15, -0.1) is 0 Å². The van der Waals surface area contributed by atoms with Gasteiger partial charge >= 0.3 is 5.97 Å². The monoisotopic (exact) mass is 247 g/mol. The fraction of sp³-hybridized carbons (Fsp3) is 0.0769. The molecule has 0 aliphatic heterocycles. The lowest BCUT2D eigenvalue weighted by Crippen LogP contribution is -2.24. The van der Waals surface area contributed by atoms with Crippen molar-refractivity contribution in [2.75, 3.05) is 0 Å². The summed E-state index contributed by atoms with van der Waals surface area (Å²) in [5, 5.41) is 8.85. The van der Waals surface area contributed by atoms with Crippen LogP contribution in [0.25, 0.3) is 5.69 Å². The zero-order valence-corrected chi connectivity index (χ0v) is 9.55. The van der Waals surface area contributed by atoms with E-state index >= 15 is 0 Å². The molecule has 0 aliphatic carbocycles. The van der Waals surface area contributed by atoms with Crippen LogP contribution in [0.15, 0.2) is 41.3 Å². The molecule has 0 saturated carbocycles. The van der Waals surface area contributed by atoms with Gasteiger partial charge in [0.15, 0.2) is 0 Å². The van der Waals surface area contributed by atoms with Crippen molar-refractivity contribution in [3.63, 3.8) is 0 Å². The van der Waals surface area contributed by atoms with Gasteiger partial charge in [0.2, 0.25) is 0 Å². The highest BCUT2D eigenvalue weighted by molar-refractivity contribution is 5.87. The van der Waals surface area contributed by atoms with Crippen LogP contribution in [0.4, 0.5) is 4.39 Å². The molecule has 92 valence electrons. The summed E-state index contributed by atoms with van der Waals surface area (Å²) < 4.78 is 14.5. The minimum absolute atomic E-state index is 0.297. The predicted octanol–water partition coefficient (Wildman–Crippen LogP) is 1.98. The molecule has 0 bridgehead atoms. The van der Waals surface area contributed by atoms with Gasteiger partial charge in [0.05, 0.1) is 5.69 Å². The van der Waals surface area contributed by atoms with Crippen LogP contribution in [0.1, 0.15) is 15.9 Å². The lowest BCUT2D eigenvalue weighted by Gasteiger charge is -2.07. The molecule has 0 radical (unpaired) electrons. The number of benzene rings is 1. The van der Waals surface area contributed by atoms with Gasteiger partial charge in [0.25, 0.3) is 5.56 Å². The molecule has 1 heterocycles. The molecule has 0 unspecified atom stereocenters. The van der Waals surface area contributed by atoms with Crippen LogP contribution in [0.5, 0.6) is 0 Å². The summed E-state index contributed by atoms with van der Waals surface area (Å²) in [6.07, 6.45) is 1.40. The fourth-order valence-electron chi connectivity index (χ4n) is 1.59. The minimum Gasteiger partial charge on any atom is -0.477 e. The molecule has 0 aliphatic rings. The molecule has 2 rings (SSSR count). The summed E-state index contributed by atoms with van der Waals surface area (Å²) >= 11 is 0. The molecule has 0 spiro atoms. The van der Waals surface area contributed by atoms with E-state index in [-0.39, 0.29) is 5.56 Å². The molecule has 0 atom stereocenters. The lowest BCUT2D eigenvalue weighted by atomic mass is 10.2. The van der Waals surface area contributed by atoms with Gasteiger partial charge in [0, 0.05) is 6.20 Å². The van der Waals surface area contributed by atoms with Gasteiger partial charge in [0.1, 0.15) is 11.4 Å². The Bertz CT molecular complexity index is 676. The van der Waals surface area contributed by atoms with Crippen LogP contribution >= 0.6 is 0 Å². The van der Waals surface area contributed by atoms with Gasteiger partial charge in [-0.05, 0) is 36.8 Å². The Hall–Kier alpha value is -2.43. The zero-order chi connectivity index (χ0) is 13.3. The third-order valence-corrected chi connectivity index (χ3v) is 2.61. The van der Waals surface area contributed by atoms with Crippen molar-refractivity contribution in [2.24, 2.45) is 0 Å². The Morgan fingerprint density at radius 2 is 2.06 bits per heavy atom. The number of halogens is 1. The number of hydrogen-bond donors (Lipinski definition) is 1. The van der Waals surface area contributed by atoms with Crippen molar-refractivity contribution in [1.29, 1.82) is 0 Å². The normalized spacial score (nSPS) is 10.3. The molecule has 18 heavy (non-hydrogen) atoms. The maximum atomic E-state index is 13.4. The fourth-order valence-corrected chi connectivity index (χ4v) is 1.59. The molecule has 2 aromatic rings. The highest BCUT2D eigenvalue weighted by Crippen LogP contribution is 2.12. The van der Waals surface area contributed by atoms with Crippen LogP contribution in [0, 0.1) is 12.7 Å². The second-order valence-electron chi connectivity index (χ2n) is 3.84. The van der Waals surface area contributed by atoms with Gasteiger partial charge < -0.3 is 5.11 Å². The number of nitrogens with zero attached hydrogens (tertiary/aromatic N) is 1. The molecule has 0 saturated heterocycles. The Labute approximate surface area is 102 Å². The van der Waals surface area contributed by atoms with E-state index in [9.17, 15) is 14.0 Å². The summed E-state index contributed by atoms with van der Waals surface area (Å²) in [5.41, 5.74) is -0.279. The van der Waals surface area contributed by atoms with Crippen LogP contribution < -0.4 is 5.56 Å². The van der Waals surface area contributed by atoms with E-state index in [1.165, 1.54) is 30.5 Å². The summed E-state index contributed by atoms with van der Waals surface area (Å²) in [7, 11) is 0. The number of hydrogen-bond acceptors (Lipinski definition) is 2. The third kappa shape index (κ3) is 2.02. The number of aromatic carboxylic acids is 1. The van der Waals surface area contributed by atoms with Crippen molar-refractivity contribution in [2.45, 2.75) is 6.92 Å². The Morgan fingerprint density at radius 1 is 1.33 bits per heavy atom. The van der Waals surface area contributed by atoms with E-state index in [1.807, 2.05) is 0 Å². The van der Waals surface area contributed by atoms with Crippen LogP contribution in [0.2, 0.25) is 0 Å². The first kappa shape index (κ1) is 12.0. The maximum Gasteiger partial charge on any atom is 0.341 e. The Balaban J connectivity index is 2.65. The van der Waals surface area contributed by atoms with Crippen molar-refractivity contribution in [1.82, 2.24) is 4.57 Å². The number of carbonyl (C=O) groups is 1. The van der Waals surface area contributed by atoms with Gasteiger partial charge in [-0.1, -0.05) is 6.07 Å². The van der Waals surface area contributed by atoms with Crippen molar-refractivity contribution in [3.8, 4) is 5.69 Å². The molecule has 1 aromatic carbocycles. The van der Waals surface area contributed by atoms with Gasteiger partial charge in [-0.3, -0.25) is 9.36 Å². The SMILES string of the molecule is Cc1ccc(-n2cccc(C(=O)O)c2=O)cc1F. The highest BCUT2D eigenvalue weighted by atomic mass is 19.1. The predicted molar refractivity (Wildman–Crippen MR) is 63.7 cm³/mol. The number of aryl methyl sites for hydroxylation is 1. The average molecular weight is 247 g/mol. The molecular formula is C13H10FNO3. The summed E-state index contributed by atoms with van der Waals surface area (Å²) in [6, 6.07) is 6.94. The summed E-state index contributed by atoms with van der Waals surface area (Å²) in [6.45, 7) is 1.61. The van der Waals surface area contributed by atoms with E-state index in [0.29, 0.717) is 11.3 Å². The number of pyridine rings is 1. The second-order valence-corrected chi connectivity index (χ2v) is 3.84. The largest absolute Gasteiger partial charge is 0.477 e. The zero-order valence-electron chi connectivity index (χ0n) is 9.55. The minimum atomic E-state index is -1.30. The number of rotatable bonds is 2. The Kier molecular flexibility index (Phi) is 2.97. The first-order valence-electron chi connectivity index (χ1n) is 5.22. The number of aromatic nitrogens is 1. The third-order valence-electron chi connectivity index (χ3n) is 2.61. The smallest absolute Gasteiger partial charge is 0.341 e. The second kappa shape index (κ2) is 4.44. The Morgan fingerprint density at radius 3 is 2.67 bits per heavy atom. The first-order chi connectivity index (χ1) is 8.50. The molecule has 1 N–H and O–H groups in total. The maximum absolute atomic E-state index is 13.4. The van der Waals surface area contributed by atoms with E-state index < -0.39 is 17.3 Å². The molecule has 0 fully saturated rings. The van der Waals surface area contributed by atoms with Crippen LogP contribution in [0.3, 0.4) is 0 Å². The molecule has 0 amide bonds. The summed E-state index contributed by atoms with van der Waals surface area (Å²) in [4.78, 5) is 22.7. The van der Waals surface area contributed by atoms with Gasteiger partial charge in [-0.25, -0.2) is 9.18 Å². The molecule has 5 heteroatoms. The topological polar surface area (TPSA) is 59.3 Å². The van der Waals surface area contributed by atoms with E-state index in [1.54, 1.807) is 13.0 Å². The highest BCUT2D eigenvalue weighted by Gasteiger charge is 2.11. The lowest BCUT2D eigenvalue weighted by molar-refractivity contribution is 0.0694.